The van der Waals surface area contributed by atoms with Crippen molar-refractivity contribution in [2.75, 3.05) is 11.9 Å². The lowest BCUT2D eigenvalue weighted by molar-refractivity contribution is 0.0734. The van der Waals surface area contributed by atoms with E-state index < -0.39 is 0 Å². The summed E-state index contributed by atoms with van der Waals surface area (Å²) < 4.78 is 5.67. The number of nitrogens with one attached hydrogen (secondary N) is 1. The summed E-state index contributed by atoms with van der Waals surface area (Å²) in [6, 6.07) is 17.9. The number of carbonyl (C=O) groups is 1. The van der Waals surface area contributed by atoms with Crippen molar-refractivity contribution in [1.82, 2.24) is 9.88 Å². The molecule has 1 aliphatic rings. The van der Waals surface area contributed by atoms with Crippen molar-refractivity contribution in [2.45, 2.75) is 32.9 Å². The number of anilines is 2. The molecule has 4 rings (SSSR count). The highest BCUT2D eigenvalue weighted by Crippen LogP contribution is 2.23. The summed E-state index contributed by atoms with van der Waals surface area (Å²) in [5.74, 6) is 0.842. The normalized spacial score (nSPS) is 13.1. The van der Waals surface area contributed by atoms with Crippen LogP contribution < -0.4 is 10.1 Å². The number of hydrogen-bond donors (Lipinski definition) is 1. The Labute approximate surface area is 171 Å². The van der Waals surface area contributed by atoms with Gasteiger partial charge in [-0.05, 0) is 61.7 Å². The van der Waals surface area contributed by atoms with Crippen molar-refractivity contribution >= 4 is 17.3 Å². The Morgan fingerprint density at radius 3 is 2.55 bits per heavy atom. The third-order valence-electron chi connectivity index (χ3n) is 4.92. The van der Waals surface area contributed by atoms with Crippen LogP contribution in [0.2, 0.25) is 0 Å². The molecule has 1 amide bonds. The second kappa shape index (κ2) is 8.35. The van der Waals surface area contributed by atoms with Crippen LogP contribution in [0.25, 0.3) is 0 Å². The van der Waals surface area contributed by atoms with Crippen LogP contribution in [-0.4, -0.2) is 28.4 Å². The van der Waals surface area contributed by atoms with Crippen molar-refractivity contribution in [3.8, 4) is 5.75 Å². The SMILES string of the molecule is CC(C)Oc1ccc(Nc2cncc(C(=O)N3CCc4ccccc4C3)c2)cc1. The topological polar surface area (TPSA) is 54.5 Å². The summed E-state index contributed by atoms with van der Waals surface area (Å²) in [5, 5.41) is 3.31. The van der Waals surface area contributed by atoms with Crippen molar-refractivity contribution < 1.29 is 9.53 Å². The summed E-state index contributed by atoms with van der Waals surface area (Å²) in [5.41, 5.74) is 4.84. The van der Waals surface area contributed by atoms with Crippen LogP contribution in [0.3, 0.4) is 0 Å². The molecule has 2 heterocycles. The first-order chi connectivity index (χ1) is 14.1. The zero-order valence-electron chi connectivity index (χ0n) is 16.8. The van der Waals surface area contributed by atoms with E-state index in [-0.39, 0.29) is 12.0 Å². The van der Waals surface area contributed by atoms with Gasteiger partial charge in [0.1, 0.15) is 5.75 Å². The summed E-state index contributed by atoms with van der Waals surface area (Å²) in [7, 11) is 0. The maximum Gasteiger partial charge on any atom is 0.255 e. The molecule has 0 atom stereocenters. The van der Waals surface area contributed by atoms with Crippen LogP contribution in [0.4, 0.5) is 11.4 Å². The molecule has 0 unspecified atom stereocenters. The Morgan fingerprint density at radius 2 is 1.79 bits per heavy atom. The Kier molecular flexibility index (Phi) is 5.47. The van der Waals surface area contributed by atoms with Crippen LogP contribution in [0.1, 0.15) is 35.3 Å². The van der Waals surface area contributed by atoms with E-state index in [9.17, 15) is 4.79 Å². The average molecular weight is 387 g/mol. The van der Waals surface area contributed by atoms with E-state index in [0.29, 0.717) is 12.1 Å². The third-order valence-corrected chi connectivity index (χ3v) is 4.92. The Morgan fingerprint density at radius 1 is 1.03 bits per heavy atom. The molecule has 0 saturated carbocycles. The zero-order valence-corrected chi connectivity index (χ0v) is 16.8. The van der Waals surface area contributed by atoms with Crippen LogP contribution in [0, 0.1) is 0 Å². The van der Waals surface area contributed by atoms with E-state index in [4.69, 9.17) is 4.74 Å². The van der Waals surface area contributed by atoms with E-state index in [1.165, 1.54) is 11.1 Å². The Bertz CT molecular complexity index is 999. The average Bonchev–Trinajstić information content (AvgIpc) is 2.74. The number of benzene rings is 2. The van der Waals surface area contributed by atoms with Gasteiger partial charge in [0, 0.05) is 25.0 Å². The second-order valence-corrected chi connectivity index (χ2v) is 7.52. The molecule has 1 aromatic heterocycles. The fourth-order valence-electron chi connectivity index (χ4n) is 3.53. The highest BCUT2D eigenvalue weighted by Gasteiger charge is 2.22. The van der Waals surface area contributed by atoms with E-state index in [0.717, 1.165) is 30.1 Å². The van der Waals surface area contributed by atoms with Gasteiger partial charge in [-0.3, -0.25) is 9.78 Å². The number of carbonyl (C=O) groups excluding carboxylic acids is 1. The van der Waals surface area contributed by atoms with Crippen molar-refractivity contribution in [2.24, 2.45) is 0 Å². The number of rotatable bonds is 5. The molecule has 0 spiro atoms. The first kappa shape index (κ1) is 19.0. The molecule has 0 radical (unpaired) electrons. The molecule has 3 aromatic rings. The van der Waals surface area contributed by atoms with E-state index in [2.05, 4.69) is 28.5 Å². The molecule has 0 saturated heterocycles. The molecule has 2 aromatic carbocycles. The number of amides is 1. The van der Waals surface area contributed by atoms with Crippen molar-refractivity contribution in [3.63, 3.8) is 0 Å². The molecule has 0 fully saturated rings. The van der Waals surface area contributed by atoms with Gasteiger partial charge in [-0.1, -0.05) is 24.3 Å². The predicted octanol–water partition coefficient (Wildman–Crippen LogP) is 4.81. The van der Waals surface area contributed by atoms with Gasteiger partial charge in [0.2, 0.25) is 0 Å². The van der Waals surface area contributed by atoms with Gasteiger partial charge >= 0.3 is 0 Å². The van der Waals surface area contributed by atoms with Gasteiger partial charge in [-0.15, -0.1) is 0 Å². The lowest BCUT2D eigenvalue weighted by Gasteiger charge is -2.29. The zero-order chi connectivity index (χ0) is 20.2. The fraction of sp³-hybridized carbons (Fsp3) is 0.250. The third kappa shape index (κ3) is 4.57. The molecule has 5 heteroatoms. The van der Waals surface area contributed by atoms with Gasteiger partial charge in [-0.25, -0.2) is 0 Å². The Hall–Kier alpha value is -3.34. The van der Waals surface area contributed by atoms with E-state index in [1.807, 2.05) is 55.1 Å². The number of nitrogens with zero attached hydrogens (tertiary/aromatic N) is 2. The first-order valence-electron chi connectivity index (χ1n) is 9.93. The number of pyridine rings is 1. The molecule has 0 bridgehead atoms. The Balaban J connectivity index is 1.45. The largest absolute Gasteiger partial charge is 0.491 e. The first-order valence-corrected chi connectivity index (χ1v) is 9.93. The number of aromatic nitrogens is 1. The number of ether oxygens (including phenoxy) is 1. The van der Waals surface area contributed by atoms with Gasteiger partial charge in [0.15, 0.2) is 0 Å². The fourth-order valence-corrected chi connectivity index (χ4v) is 3.53. The minimum Gasteiger partial charge on any atom is -0.491 e. The maximum atomic E-state index is 13.0. The summed E-state index contributed by atoms with van der Waals surface area (Å²) in [4.78, 5) is 19.2. The molecule has 1 N–H and O–H groups in total. The predicted molar refractivity (Wildman–Crippen MR) is 115 cm³/mol. The van der Waals surface area contributed by atoms with Crippen LogP contribution in [0.15, 0.2) is 67.0 Å². The van der Waals surface area contributed by atoms with Gasteiger partial charge in [0.05, 0.1) is 23.6 Å². The van der Waals surface area contributed by atoms with Crippen molar-refractivity contribution in [3.05, 3.63) is 83.7 Å². The molecule has 5 nitrogen and oxygen atoms in total. The second-order valence-electron chi connectivity index (χ2n) is 7.52. The number of fused-ring (bicyclic) bond motifs is 1. The smallest absolute Gasteiger partial charge is 0.255 e. The maximum absolute atomic E-state index is 13.0. The highest BCUT2D eigenvalue weighted by atomic mass is 16.5. The van der Waals surface area contributed by atoms with Crippen LogP contribution in [-0.2, 0) is 13.0 Å². The monoisotopic (exact) mass is 387 g/mol. The molecular weight excluding hydrogens is 362 g/mol. The molecular formula is C24H25N3O2. The summed E-state index contributed by atoms with van der Waals surface area (Å²) >= 11 is 0. The molecule has 29 heavy (non-hydrogen) atoms. The summed E-state index contributed by atoms with van der Waals surface area (Å²) in [6.45, 7) is 5.37. The van der Waals surface area contributed by atoms with E-state index in [1.54, 1.807) is 12.4 Å². The lowest BCUT2D eigenvalue weighted by atomic mass is 9.99. The van der Waals surface area contributed by atoms with Crippen LogP contribution in [0.5, 0.6) is 5.75 Å². The minimum atomic E-state index is 0.0105. The van der Waals surface area contributed by atoms with Gasteiger partial charge in [0.25, 0.3) is 5.91 Å². The van der Waals surface area contributed by atoms with Crippen LogP contribution >= 0.6 is 0 Å². The standard InChI is InChI=1S/C24H25N3O2/c1-17(2)29-23-9-7-21(8-10-23)26-22-13-20(14-25-15-22)24(28)27-12-11-18-5-3-4-6-19(18)16-27/h3-10,13-15,17,26H,11-12,16H2,1-2H3. The molecule has 148 valence electrons. The minimum absolute atomic E-state index is 0.0105. The van der Waals surface area contributed by atoms with Gasteiger partial charge in [-0.2, -0.15) is 0 Å². The van der Waals surface area contributed by atoms with E-state index >= 15 is 0 Å². The quantitative estimate of drug-likeness (QED) is 0.683. The lowest BCUT2D eigenvalue weighted by Crippen LogP contribution is -2.36. The molecule has 1 aliphatic heterocycles. The highest BCUT2D eigenvalue weighted by molar-refractivity contribution is 5.95. The molecule has 0 aliphatic carbocycles. The number of hydrogen-bond acceptors (Lipinski definition) is 4. The van der Waals surface area contributed by atoms with Crippen molar-refractivity contribution in [1.29, 1.82) is 0 Å². The summed E-state index contributed by atoms with van der Waals surface area (Å²) in [6.07, 6.45) is 4.38. The van der Waals surface area contributed by atoms with Gasteiger partial charge < -0.3 is 15.0 Å².